The van der Waals surface area contributed by atoms with Crippen LogP contribution < -0.4 is 14.4 Å². The normalized spacial score (nSPS) is 15.2. The maximum absolute atomic E-state index is 7.23. The summed E-state index contributed by atoms with van der Waals surface area (Å²) in [5, 5.41) is 0. The van der Waals surface area contributed by atoms with Crippen LogP contribution in [-0.4, -0.2) is 0 Å². The second-order valence-corrected chi connectivity index (χ2v) is 17.1. The van der Waals surface area contributed by atoms with E-state index in [1.165, 1.54) is 55.6 Å². The fourth-order valence-electron chi connectivity index (χ4n) is 10.9. The molecule has 9 aromatic rings. The molecule has 13 rings (SSSR count). The Labute approximate surface area is 373 Å². The van der Waals surface area contributed by atoms with Crippen LogP contribution >= 0.6 is 0 Å². The maximum atomic E-state index is 7.23. The minimum absolute atomic E-state index is 0.287. The number of para-hydroxylation sites is 1. The summed E-state index contributed by atoms with van der Waals surface area (Å²) in [5.74, 6) is 3.04. The van der Waals surface area contributed by atoms with E-state index in [-0.39, 0.29) is 5.92 Å². The molecule has 4 aliphatic rings. The zero-order valence-corrected chi connectivity index (χ0v) is 35.0. The van der Waals surface area contributed by atoms with Crippen LogP contribution in [0.2, 0.25) is 0 Å². The number of allylic oxidation sites excluding steroid dienone is 4. The first kappa shape index (κ1) is 36.5. The number of ether oxygens (including phenoxy) is 2. The Bertz CT molecular complexity index is 3340. The molecule has 3 nitrogen and oxygen atoms in total. The summed E-state index contributed by atoms with van der Waals surface area (Å²) < 4.78 is 14.3. The molecule has 0 aromatic heterocycles. The number of hydrogen-bond acceptors (Lipinski definition) is 3. The first-order valence-electron chi connectivity index (χ1n) is 22.2. The van der Waals surface area contributed by atoms with E-state index in [0.717, 1.165) is 40.2 Å². The molecule has 0 N–H and O–H groups in total. The van der Waals surface area contributed by atoms with E-state index in [1.807, 2.05) is 6.07 Å². The third kappa shape index (κ3) is 5.47. The Kier molecular flexibility index (Phi) is 8.26. The van der Waals surface area contributed by atoms with Crippen molar-refractivity contribution in [3.05, 3.63) is 258 Å². The lowest BCUT2D eigenvalue weighted by Gasteiger charge is -2.33. The van der Waals surface area contributed by atoms with E-state index in [9.17, 15) is 0 Å². The molecule has 0 saturated heterocycles. The van der Waals surface area contributed by atoms with Crippen molar-refractivity contribution in [1.29, 1.82) is 0 Å². The van der Waals surface area contributed by atoms with Gasteiger partial charge in [-0.05, 0) is 127 Å². The second-order valence-electron chi connectivity index (χ2n) is 17.1. The summed E-state index contributed by atoms with van der Waals surface area (Å²) in [7, 11) is 0. The van der Waals surface area contributed by atoms with E-state index in [1.54, 1.807) is 0 Å². The molecule has 1 unspecified atom stereocenters. The van der Waals surface area contributed by atoms with Crippen LogP contribution in [0.25, 0.3) is 44.5 Å². The third-order valence-corrected chi connectivity index (χ3v) is 13.7. The van der Waals surface area contributed by atoms with Crippen LogP contribution in [0.4, 0.5) is 17.1 Å². The van der Waals surface area contributed by atoms with Crippen LogP contribution in [0.15, 0.2) is 231 Å². The number of nitrogens with zero attached hydrogens (tertiary/aromatic N) is 1. The molecule has 64 heavy (non-hydrogen) atoms. The van der Waals surface area contributed by atoms with Gasteiger partial charge in [0.15, 0.2) is 23.0 Å². The van der Waals surface area contributed by atoms with Gasteiger partial charge in [0.1, 0.15) is 0 Å². The van der Waals surface area contributed by atoms with Crippen molar-refractivity contribution in [2.45, 2.75) is 17.8 Å². The Morgan fingerprint density at radius 3 is 1.70 bits per heavy atom. The minimum Gasteiger partial charge on any atom is -0.449 e. The Balaban J connectivity index is 0.989. The van der Waals surface area contributed by atoms with E-state index in [4.69, 9.17) is 9.47 Å². The van der Waals surface area contributed by atoms with Gasteiger partial charge < -0.3 is 14.4 Å². The summed E-state index contributed by atoms with van der Waals surface area (Å²) in [4.78, 5) is 2.34. The van der Waals surface area contributed by atoms with Gasteiger partial charge in [-0.15, -0.1) is 0 Å². The quantitative estimate of drug-likeness (QED) is 0.167. The number of rotatable bonds is 6. The molecule has 9 aromatic carbocycles. The standard InChI is InChI=1S/C61H41NO2/c1-4-18-40(19-5-1)43-24-16-25-44(36-43)62(45-34-35-46(41-20-6-2-7-21-41)50(37-45)42-22-8-3-9-23-42)56-32-17-33-57-60(56)64-58-38-51-49-28-12-15-31-54(49)61(55(51)39-59(58)63-57)52-29-13-10-26-47(52)48-27-11-14-30-53(48)61/h1-18,20-40H,19H2. The van der Waals surface area contributed by atoms with Crippen molar-refractivity contribution < 1.29 is 9.47 Å². The average molecular weight is 820 g/mol. The fourth-order valence-corrected chi connectivity index (χ4v) is 10.9. The molecule has 3 aliphatic carbocycles. The molecule has 0 saturated carbocycles. The molecule has 0 bridgehead atoms. The zero-order valence-electron chi connectivity index (χ0n) is 35.0. The van der Waals surface area contributed by atoms with E-state index >= 15 is 0 Å². The highest BCUT2D eigenvalue weighted by Crippen LogP contribution is 2.65. The molecule has 0 radical (unpaired) electrons. The largest absolute Gasteiger partial charge is 0.449 e. The minimum atomic E-state index is -0.479. The van der Waals surface area contributed by atoms with Crippen LogP contribution in [0.1, 0.15) is 40.2 Å². The highest BCUT2D eigenvalue weighted by molar-refractivity contribution is 5.96. The van der Waals surface area contributed by atoms with E-state index in [2.05, 4.69) is 229 Å². The lowest BCUT2D eigenvalue weighted by atomic mass is 9.70. The lowest BCUT2D eigenvalue weighted by Crippen LogP contribution is -2.25. The molecule has 0 amide bonds. The molecule has 1 heterocycles. The van der Waals surface area contributed by atoms with Crippen molar-refractivity contribution in [2.24, 2.45) is 0 Å². The smallest absolute Gasteiger partial charge is 0.194 e. The van der Waals surface area contributed by atoms with Crippen molar-refractivity contribution in [1.82, 2.24) is 0 Å². The third-order valence-electron chi connectivity index (χ3n) is 13.7. The van der Waals surface area contributed by atoms with Gasteiger partial charge in [0.2, 0.25) is 0 Å². The van der Waals surface area contributed by atoms with E-state index in [0.29, 0.717) is 23.0 Å². The predicted octanol–water partition coefficient (Wildman–Crippen LogP) is 16.3. The molecule has 302 valence electrons. The summed E-state index contributed by atoms with van der Waals surface area (Å²) in [6.07, 6.45) is 9.81. The van der Waals surface area contributed by atoms with Crippen LogP contribution in [0, 0.1) is 0 Å². The zero-order chi connectivity index (χ0) is 42.2. The molecule has 1 aliphatic heterocycles. The van der Waals surface area contributed by atoms with Gasteiger partial charge in [-0.3, -0.25) is 0 Å². The van der Waals surface area contributed by atoms with Crippen LogP contribution in [0.5, 0.6) is 23.0 Å². The van der Waals surface area contributed by atoms with Crippen molar-refractivity contribution in [3.8, 4) is 67.5 Å². The SMILES string of the molecule is C1=CCC(c2cccc(N(c3ccc(-c4ccccc4)c(-c4ccccc4)c3)c3cccc4c3Oc3cc5c(cc3O4)C3(c4ccccc4-c4ccccc43)c3ccccc3-5)c2)C=C1. The molecule has 1 atom stereocenters. The van der Waals surface area contributed by atoms with Crippen molar-refractivity contribution in [2.75, 3.05) is 4.90 Å². The molecule has 0 fully saturated rings. The highest BCUT2D eigenvalue weighted by atomic mass is 16.6. The van der Waals surface area contributed by atoms with Gasteiger partial charge in [-0.25, -0.2) is 0 Å². The molecular weight excluding hydrogens is 779 g/mol. The maximum Gasteiger partial charge on any atom is 0.194 e. The van der Waals surface area contributed by atoms with E-state index < -0.39 is 5.41 Å². The fraction of sp³-hybridized carbons (Fsp3) is 0.0492. The van der Waals surface area contributed by atoms with Crippen molar-refractivity contribution >= 4 is 17.1 Å². The number of benzene rings is 9. The van der Waals surface area contributed by atoms with Crippen LogP contribution in [0.3, 0.4) is 0 Å². The highest BCUT2D eigenvalue weighted by Gasteiger charge is 2.52. The molecule has 1 spiro atoms. The van der Waals surface area contributed by atoms with Gasteiger partial charge in [0.25, 0.3) is 0 Å². The second kappa shape index (κ2) is 14.5. The number of fused-ring (bicyclic) bond motifs is 12. The van der Waals surface area contributed by atoms with Crippen molar-refractivity contribution in [3.63, 3.8) is 0 Å². The lowest BCUT2D eigenvalue weighted by molar-refractivity contribution is 0.360. The van der Waals surface area contributed by atoms with Crippen LogP contribution in [-0.2, 0) is 5.41 Å². The van der Waals surface area contributed by atoms with Gasteiger partial charge >= 0.3 is 0 Å². The molecule has 3 heteroatoms. The van der Waals surface area contributed by atoms with Gasteiger partial charge in [0, 0.05) is 17.3 Å². The number of hydrogen-bond donors (Lipinski definition) is 0. The first-order valence-corrected chi connectivity index (χ1v) is 22.2. The van der Waals surface area contributed by atoms with Gasteiger partial charge in [-0.1, -0.05) is 182 Å². The monoisotopic (exact) mass is 819 g/mol. The topological polar surface area (TPSA) is 21.7 Å². The predicted molar refractivity (Wildman–Crippen MR) is 261 cm³/mol. The summed E-state index contributed by atoms with van der Waals surface area (Å²) in [5.41, 5.74) is 18.4. The average Bonchev–Trinajstić information content (AvgIpc) is 3.83. The van der Waals surface area contributed by atoms with Gasteiger partial charge in [-0.2, -0.15) is 0 Å². The summed E-state index contributed by atoms with van der Waals surface area (Å²) >= 11 is 0. The molecular formula is C61H41NO2. The van der Waals surface area contributed by atoms with Gasteiger partial charge in [0.05, 0.1) is 11.1 Å². The Morgan fingerprint density at radius 1 is 0.406 bits per heavy atom. The Morgan fingerprint density at radius 2 is 1.02 bits per heavy atom. The first-order chi connectivity index (χ1) is 31.7. The summed E-state index contributed by atoms with van der Waals surface area (Å²) in [6, 6.07) is 74.5. The Hall–Kier alpha value is -8.14. The summed E-state index contributed by atoms with van der Waals surface area (Å²) in [6.45, 7) is 0. The number of anilines is 3.